The predicted octanol–water partition coefficient (Wildman–Crippen LogP) is 0.717. The first kappa shape index (κ1) is 15.8. The van der Waals surface area contributed by atoms with Crippen molar-refractivity contribution < 1.29 is 9.84 Å². The highest BCUT2D eigenvalue weighted by molar-refractivity contribution is 5.56. The lowest BCUT2D eigenvalue weighted by Gasteiger charge is -2.00. The van der Waals surface area contributed by atoms with Crippen molar-refractivity contribution >= 4 is 11.9 Å². The van der Waals surface area contributed by atoms with Gasteiger partial charge in [0, 0.05) is 12.7 Å². The highest BCUT2D eigenvalue weighted by Gasteiger charge is 2.03. The van der Waals surface area contributed by atoms with Gasteiger partial charge in [0.1, 0.15) is 0 Å². The van der Waals surface area contributed by atoms with Crippen molar-refractivity contribution in [3.05, 3.63) is 30.3 Å². The number of hydrogen-bond donors (Lipinski definition) is 3. The minimum atomic E-state index is -0.324. The van der Waals surface area contributed by atoms with Crippen molar-refractivity contribution in [2.24, 2.45) is 0 Å². The van der Waals surface area contributed by atoms with E-state index in [9.17, 15) is 0 Å². The van der Waals surface area contributed by atoms with Crippen molar-refractivity contribution in [3.8, 4) is 11.4 Å². The first-order valence-corrected chi connectivity index (χ1v) is 6.02. The molecule has 0 fully saturated rings. The van der Waals surface area contributed by atoms with Gasteiger partial charge in [0.2, 0.25) is 11.9 Å². The largest absolute Gasteiger partial charge is 0.391 e. The lowest BCUT2D eigenvalue weighted by Crippen LogP contribution is -2.07. The maximum absolute atomic E-state index is 8.43. The summed E-state index contributed by atoms with van der Waals surface area (Å²) in [5.74, 6) is 0.767. The Labute approximate surface area is 117 Å². The van der Waals surface area contributed by atoms with E-state index in [0.717, 1.165) is 5.56 Å². The highest BCUT2D eigenvalue weighted by Crippen LogP contribution is 2.14. The van der Waals surface area contributed by atoms with E-state index in [1.165, 1.54) is 0 Å². The first-order chi connectivity index (χ1) is 9.52. The second-order valence-corrected chi connectivity index (χ2v) is 4.05. The molecule has 20 heavy (non-hydrogen) atoms. The van der Waals surface area contributed by atoms with Crippen LogP contribution in [-0.2, 0) is 4.74 Å². The second-order valence-electron chi connectivity index (χ2n) is 4.05. The van der Waals surface area contributed by atoms with Crippen LogP contribution in [0.15, 0.2) is 30.3 Å². The van der Waals surface area contributed by atoms with E-state index in [4.69, 9.17) is 16.6 Å². The molecular weight excluding hydrogens is 258 g/mol. The smallest absolute Gasteiger partial charge is 0.225 e. The molecule has 0 aliphatic heterocycles. The molecule has 2 aromatic rings. The Morgan fingerprint density at radius 3 is 2.05 bits per heavy atom. The van der Waals surface area contributed by atoms with Crippen LogP contribution in [0.2, 0.25) is 0 Å². The molecular formula is C13H19N5O2. The normalized spacial score (nSPS) is 11.3. The van der Waals surface area contributed by atoms with Gasteiger partial charge in [-0.25, -0.2) is 0 Å². The minimum Gasteiger partial charge on any atom is -0.391 e. The zero-order valence-electron chi connectivity index (χ0n) is 11.5. The van der Waals surface area contributed by atoms with Gasteiger partial charge < -0.3 is 21.3 Å². The first-order valence-electron chi connectivity index (χ1n) is 6.02. The van der Waals surface area contributed by atoms with Crippen molar-refractivity contribution in [3.63, 3.8) is 0 Å². The third kappa shape index (κ3) is 5.59. The Morgan fingerprint density at radius 2 is 1.65 bits per heavy atom. The lowest BCUT2D eigenvalue weighted by atomic mass is 10.2. The van der Waals surface area contributed by atoms with E-state index in [-0.39, 0.29) is 18.0 Å². The topological polar surface area (TPSA) is 120 Å². The van der Waals surface area contributed by atoms with Crippen LogP contribution in [0, 0.1) is 0 Å². The van der Waals surface area contributed by atoms with Gasteiger partial charge in [-0.3, -0.25) is 0 Å². The number of hydrogen-bond acceptors (Lipinski definition) is 7. The standard InChI is InChI=1S/C9H9N5.C4H10O2/c10-8-12-7(13-9(11)14-8)6-4-2-1-3-5-6;1-4(5)3-6-2/h1-5H,(H4,10,11,12,13,14);4-5H,3H2,1-2H3. The van der Waals surface area contributed by atoms with Crippen LogP contribution in [0.1, 0.15) is 6.92 Å². The molecule has 1 atom stereocenters. The van der Waals surface area contributed by atoms with Gasteiger partial charge in [0.25, 0.3) is 0 Å². The van der Waals surface area contributed by atoms with Gasteiger partial charge in [-0.2, -0.15) is 15.0 Å². The third-order valence-corrected chi connectivity index (χ3v) is 2.11. The summed E-state index contributed by atoms with van der Waals surface area (Å²) in [4.78, 5) is 11.7. The number of nitrogen functional groups attached to an aromatic ring is 2. The number of aliphatic hydroxyl groups excluding tert-OH is 1. The van der Waals surface area contributed by atoms with Crippen LogP contribution in [0.3, 0.4) is 0 Å². The van der Waals surface area contributed by atoms with Crippen molar-refractivity contribution in [2.45, 2.75) is 13.0 Å². The summed E-state index contributed by atoms with van der Waals surface area (Å²) >= 11 is 0. The number of aliphatic hydroxyl groups is 1. The van der Waals surface area contributed by atoms with Crippen LogP contribution in [-0.4, -0.2) is 39.9 Å². The summed E-state index contributed by atoms with van der Waals surface area (Å²) in [6.07, 6.45) is -0.324. The quantitative estimate of drug-likeness (QED) is 0.755. The molecule has 0 spiro atoms. The van der Waals surface area contributed by atoms with E-state index < -0.39 is 0 Å². The van der Waals surface area contributed by atoms with Gasteiger partial charge in [-0.15, -0.1) is 0 Å². The molecule has 0 saturated heterocycles. The van der Waals surface area contributed by atoms with Crippen LogP contribution >= 0.6 is 0 Å². The minimum absolute atomic E-state index is 0.136. The van der Waals surface area contributed by atoms with Crippen LogP contribution in [0.5, 0.6) is 0 Å². The summed E-state index contributed by atoms with van der Waals surface area (Å²) in [5.41, 5.74) is 11.8. The predicted molar refractivity (Wildman–Crippen MR) is 77.6 cm³/mol. The maximum Gasteiger partial charge on any atom is 0.225 e. The van der Waals surface area contributed by atoms with Crippen LogP contribution < -0.4 is 11.5 Å². The number of methoxy groups -OCH3 is 1. The fourth-order valence-corrected chi connectivity index (χ4v) is 1.37. The van der Waals surface area contributed by atoms with E-state index >= 15 is 0 Å². The number of aromatic nitrogens is 3. The molecule has 2 rings (SSSR count). The molecule has 1 unspecified atom stereocenters. The van der Waals surface area contributed by atoms with Gasteiger partial charge in [-0.05, 0) is 6.92 Å². The molecule has 0 saturated carbocycles. The molecule has 5 N–H and O–H groups in total. The van der Waals surface area contributed by atoms with E-state index in [2.05, 4.69) is 19.7 Å². The number of anilines is 2. The Hall–Kier alpha value is -2.25. The average Bonchev–Trinajstić information content (AvgIpc) is 2.39. The third-order valence-electron chi connectivity index (χ3n) is 2.11. The molecule has 1 aromatic carbocycles. The number of ether oxygens (including phenoxy) is 1. The molecule has 7 heteroatoms. The van der Waals surface area contributed by atoms with E-state index in [0.29, 0.717) is 12.4 Å². The van der Waals surface area contributed by atoms with Crippen LogP contribution in [0.4, 0.5) is 11.9 Å². The monoisotopic (exact) mass is 277 g/mol. The van der Waals surface area contributed by atoms with Gasteiger partial charge >= 0.3 is 0 Å². The molecule has 1 heterocycles. The number of nitrogens with zero attached hydrogens (tertiary/aromatic N) is 3. The van der Waals surface area contributed by atoms with Gasteiger partial charge in [-0.1, -0.05) is 30.3 Å². The summed E-state index contributed by atoms with van der Waals surface area (Å²) in [7, 11) is 1.56. The van der Waals surface area contributed by atoms with Crippen molar-refractivity contribution in [2.75, 3.05) is 25.2 Å². The van der Waals surface area contributed by atoms with Crippen molar-refractivity contribution in [1.29, 1.82) is 0 Å². The highest BCUT2D eigenvalue weighted by atomic mass is 16.5. The van der Waals surface area contributed by atoms with E-state index in [1.807, 2.05) is 30.3 Å². The number of rotatable bonds is 3. The zero-order valence-corrected chi connectivity index (χ0v) is 11.5. The summed E-state index contributed by atoms with van der Waals surface area (Å²) in [6.45, 7) is 2.11. The summed E-state index contributed by atoms with van der Waals surface area (Å²) in [6, 6.07) is 9.47. The molecule has 7 nitrogen and oxygen atoms in total. The van der Waals surface area contributed by atoms with E-state index in [1.54, 1.807) is 14.0 Å². The molecule has 0 amide bonds. The second kappa shape index (κ2) is 8.03. The Morgan fingerprint density at radius 1 is 1.10 bits per heavy atom. The lowest BCUT2D eigenvalue weighted by molar-refractivity contribution is 0.0765. The van der Waals surface area contributed by atoms with Gasteiger partial charge in [0.15, 0.2) is 5.82 Å². The summed E-state index contributed by atoms with van der Waals surface area (Å²) < 4.78 is 4.55. The molecule has 108 valence electrons. The van der Waals surface area contributed by atoms with Gasteiger partial charge in [0.05, 0.1) is 12.7 Å². The van der Waals surface area contributed by atoms with Crippen molar-refractivity contribution in [1.82, 2.24) is 15.0 Å². The number of benzene rings is 1. The SMILES string of the molecule is COCC(C)O.Nc1nc(N)nc(-c2ccccc2)n1. The fourth-order valence-electron chi connectivity index (χ4n) is 1.37. The number of nitrogens with two attached hydrogens (primary N) is 2. The molecule has 0 radical (unpaired) electrons. The molecule has 0 bridgehead atoms. The average molecular weight is 277 g/mol. The molecule has 0 aliphatic rings. The summed E-state index contributed by atoms with van der Waals surface area (Å²) in [5, 5.41) is 8.43. The fraction of sp³-hybridized carbons (Fsp3) is 0.308. The Kier molecular flexibility index (Phi) is 6.34. The van der Waals surface area contributed by atoms with Crippen LogP contribution in [0.25, 0.3) is 11.4 Å². The maximum atomic E-state index is 8.43. The molecule has 0 aliphatic carbocycles. The Balaban J connectivity index is 0.000000286. The molecule has 1 aromatic heterocycles. The Bertz CT molecular complexity index is 499. The zero-order chi connectivity index (χ0) is 15.0.